The second-order valence-electron chi connectivity index (χ2n) is 6.10. The minimum atomic E-state index is -0.692. The molecule has 1 fully saturated rings. The topological polar surface area (TPSA) is 82.3 Å². The molecule has 1 aromatic carbocycles. The number of carbonyl (C=O) groups is 3. The van der Waals surface area contributed by atoms with Crippen LogP contribution in [-0.4, -0.2) is 75.8 Å². The number of esters is 1. The summed E-state index contributed by atoms with van der Waals surface area (Å²) >= 11 is 1.20. The monoisotopic (exact) mass is 389 g/mol. The molecule has 3 rings (SSSR count). The number of hydrogen-bond donors (Lipinski definition) is 0. The molecule has 0 N–H and O–H groups in total. The van der Waals surface area contributed by atoms with Gasteiger partial charge in [0, 0.05) is 14.1 Å². The Morgan fingerprint density at radius 3 is 2.59 bits per heavy atom. The van der Waals surface area contributed by atoms with Crippen LogP contribution in [0.5, 0.6) is 0 Å². The van der Waals surface area contributed by atoms with Crippen molar-refractivity contribution in [3.05, 3.63) is 35.9 Å². The molecular weight excluding hydrogens is 368 g/mol. The fourth-order valence-electron chi connectivity index (χ4n) is 2.96. The lowest BCUT2D eigenvalue weighted by atomic mass is 10.1. The molecule has 1 aromatic rings. The summed E-state index contributed by atoms with van der Waals surface area (Å²) in [7, 11) is 3.05. The van der Waals surface area contributed by atoms with Gasteiger partial charge in [-0.3, -0.25) is 19.4 Å². The van der Waals surface area contributed by atoms with Gasteiger partial charge in [0.15, 0.2) is 0 Å². The van der Waals surface area contributed by atoms with E-state index in [0.717, 1.165) is 10.5 Å². The maximum atomic E-state index is 12.8. The highest BCUT2D eigenvalue weighted by molar-refractivity contribution is 8.14. The summed E-state index contributed by atoms with van der Waals surface area (Å²) < 4.78 is 6.80. The van der Waals surface area contributed by atoms with E-state index < -0.39 is 12.1 Å². The largest absolute Gasteiger partial charge is 0.465 e. The normalized spacial score (nSPS) is 19.4. The fraction of sp³-hybridized carbons (Fsp3) is 0.389. The molecule has 9 heteroatoms. The standard InChI is InChI=1S/C18H21N4O4S/c1-4-26-13(23)11-27-17-19-15-14(16(24)21(3)18(25)20(15)2)22(17)10-12-8-6-5-7-9-12/h5-9,14H,4,10-11H2,1-3H3/q+1. The van der Waals surface area contributed by atoms with E-state index in [9.17, 15) is 14.4 Å². The molecular formula is C18H21N4O4S+. The van der Waals surface area contributed by atoms with Crippen molar-refractivity contribution in [3.63, 3.8) is 0 Å². The fourth-order valence-corrected chi connectivity index (χ4v) is 3.78. The van der Waals surface area contributed by atoms with Crippen LogP contribution in [-0.2, 0) is 20.9 Å². The summed E-state index contributed by atoms with van der Waals surface area (Å²) in [4.78, 5) is 43.8. The summed E-state index contributed by atoms with van der Waals surface area (Å²) in [6, 6.07) is 8.55. The van der Waals surface area contributed by atoms with Gasteiger partial charge in [-0.2, -0.15) is 0 Å². The van der Waals surface area contributed by atoms with E-state index >= 15 is 0 Å². The molecule has 0 aliphatic carbocycles. The number of likely N-dealkylation sites (N-methyl/N-ethyl adjacent to an activating group) is 2. The van der Waals surface area contributed by atoms with Gasteiger partial charge in [-0.1, -0.05) is 30.3 Å². The Balaban J connectivity index is 1.94. The first kappa shape index (κ1) is 19.1. The smallest absolute Gasteiger partial charge is 0.358 e. The number of benzene rings is 1. The highest BCUT2D eigenvalue weighted by atomic mass is 32.2. The van der Waals surface area contributed by atoms with Gasteiger partial charge in [0.25, 0.3) is 17.8 Å². The highest BCUT2D eigenvalue weighted by Gasteiger charge is 2.53. The van der Waals surface area contributed by atoms with Crippen LogP contribution in [0.1, 0.15) is 12.5 Å². The van der Waals surface area contributed by atoms with Gasteiger partial charge >= 0.3 is 17.2 Å². The first-order valence-corrected chi connectivity index (χ1v) is 9.52. The number of fused-ring (bicyclic) bond motifs is 1. The quantitative estimate of drug-likeness (QED) is 0.557. The van der Waals surface area contributed by atoms with Crippen LogP contribution >= 0.6 is 11.8 Å². The molecule has 142 valence electrons. The maximum Gasteiger partial charge on any atom is 0.358 e. The zero-order valence-corrected chi connectivity index (χ0v) is 16.2. The molecule has 0 saturated carbocycles. The Morgan fingerprint density at radius 2 is 1.93 bits per heavy atom. The Kier molecular flexibility index (Phi) is 5.59. The lowest BCUT2D eigenvalue weighted by molar-refractivity contribution is -0.548. The third-order valence-electron chi connectivity index (χ3n) is 4.31. The number of amides is 3. The van der Waals surface area contributed by atoms with Crippen molar-refractivity contribution in [2.24, 2.45) is 4.99 Å². The lowest BCUT2D eigenvalue weighted by Gasteiger charge is -2.30. The molecule has 0 spiro atoms. The highest BCUT2D eigenvalue weighted by Crippen LogP contribution is 2.24. The van der Waals surface area contributed by atoms with Gasteiger partial charge < -0.3 is 4.74 Å². The minimum Gasteiger partial charge on any atom is -0.465 e. The molecule has 1 atom stereocenters. The van der Waals surface area contributed by atoms with Gasteiger partial charge in [0.05, 0.1) is 6.61 Å². The Morgan fingerprint density at radius 1 is 1.22 bits per heavy atom. The van der Waals surface area contributed by atoms with Crippen molar-refractivity contribution in [2.75, 3.05) is 26.5 Å². The molecule has 0 radical (unpaired) electrons. The van der Waals surface area contributed by atoms with Crippen molar-refractivity contribution >= 4 is 40.7 Å². The number of carbonyl (C=O) groups excluding carboxylic acids is 3. The number of thioether (sulfide) groups is 1. The van der Waals surface area contributed by atoms with Gasteiger partial charge in [0.2, 0.25) is 0 Å². The third-order valence-corrected chi connectivity index (χ3v) is 5.28. The number of ether oxygens (including phenoxy) is 1. The number of urea groups is 1. The summed E-state index contributed by atoms with van der Waals surface area (Å²) in [5.41, 5.74) is 0.998. The number of amidine groups is 2. The van der Waals surface area contributed by atoms with Crippen molar-refractivity contribution in [1.82, 2.24) is 9.80 Å². The van der Waals surface area contributed by atoms with Crippen LogP contribution in [0, 0.1) is 0 Å². The molecule has 8 nitrogen and oxygen atoms in total. The number of nitrogens with zero attached hydrogens (tertiary/aromatic N) is 4. The van der Waals surface area contributed by atoms with Gasteiger partial charge in [-0.15, -0.1) is 0 Å². The number of rotatable bonds is 5. The molecule has 27 heavy (non-hydrogen) atoms. The molecule has 2 heterocycles. The first-order valence-electron chi connectivity index (χ1n) is 8.53. The maximum absolute atomic E-state index is 12.8. The van der Waals surface area contributed by atoms with Crippen LogP contribution in [0.2, 0.25) is 0 Å². The first-order chi connectivity index (χ1) is 12.9. The molecule has 1 saturated heterocycles. The van der Waals surface area contributed by atoms with Gasteiger partial charge in [-0.05, 0) is 29.2 Å². The second-order valence-corrected chi connectivity index (χ2v) is 7.04. The van der Waals surface area contributed by atoms with E-state index in [4.69, 9.17) is 4.74 Å². The molecule has 0 aromatic heterocycles. The van der Waals surface area contributed by atoms with E-state index in [1.54, 1.807) is 14.0 Å². The molecule has 0 bridgehead atoms. The van der Waals surface area contributed by atoms with Crippen LogP contribution in [0.25, 0.3) is 0 Å². The summed E-state index contributed by atoms with van der Waals surface area (Å²) in [6.07, 6.45) is 0. The molecule has 2 aliphatic heterocycles. The predicted octanol–water partition coefficient (Wildman–Crippen LogP) is 1.16. The summed E-state index contributed by atoms with van der Waals surface area (Å²) in [6.45, 7) is 2.49. The van der Waals surface area contributed by atoms with Crippen LogP contribution in [0.15, 0.2) is 35.3 Å². The van der Waals surface area contributed by atoms with E-state index in [1.165, 1.54) is 23.7 Å². The number of imide groups is 1. The minimum absolute atomic E-state index is 0.0830. The Labute approximate surface area is 161 Å². The average Bonchev–Trinajstić information content (AvgIpc) is 3.02. The van der Waals surface area contributed by atoms with Gasteiger partial charge in [0.1, 0.15) is 12.3 Å². The van der Waals surface area contributed by atoms with Gasteiger partial charge in [-0.25, -0.2) is 9.37 Å². The summed E-state index contributed by atoms with van der Waals surface area (Å²) in [5, 5.41) is 0.523. The third kappa shape index (κ3) is 3.73. The molecule has 1 unspecified atom stereocenters. The Bertz CT molecular complexity index is 837. The lowest BCUT2D eigenvalue weighted by Crippen LogP contribution is -2.61. The Hall–Kier alpha value is -2.68. The second kappa shape index (κ2) is 7.91. The van der Waals surface area contributed by atoms with Crippen LogP contribution in [0.4, 0.5) is 4.79 Å². The average molecular weight is 389 g/mol. The van der Waals surface area contributed by atoms with Crippen molar-refractivity contribution in [2.45, 2.75) is 19.5 Å². The van der Waals surface area contributed by atoms with E-state index in [0.29, 0.717) is 24.2 Å². The van der Waals surface area contributed by atoms with E-state index in [2.05, 4.69) is 4.99 Å². The zero-order valence-electron chi connectivity index (χ0n) is 15.4. The van der Waals surface area contributed by atoms with Crippen LogP contribution in [0.3, 0.4) is 0 Å². The van der Waals surface area contributed by atoms with Crippen molar-refractivity contribution in [3.8, 4) is 0 Å². The number of hydrogen-bond acceptors (Lipinski definition) is 6. The zero-order chi connectivity index (χ0) is 19.6. The van der Waals surface area contributed by atoms with Crippen molar-refractivity contribution in [1.29, 1.82) is 0 Å². The predicted molar refractivity (Wildman–Crippen MR) is 102 cm³/mol. The SMILES string of the molecule is CCOC(=O)CSC1=[N+](Cc2ccccc2)C2C(=O)N(C)C(=O)N(C)C2=N1. The van der Waals surface area contributed by atoms with Crippen molar-refractivity contribution < 1.29 is 23.7 Å². The number of aliphatic imine (C=N–C) groups is 1. The molecule has 3 amide bonds. The van der Waals surface area contributed by atoms with Crippen LogP contribution < -0.4 is 0 Å². The van der Waals surface area contributed by atoms with E-state index in [-0.39, 0.29) is 17.6 Å². The molecule has 2 aliphatic rings. The van der Waals surface area contributed by atoms with E-state index in [1.807, 2.05) is 34.9 Å². The summed E-state index contributed by atoms with van der Waals surface area (Å²) in [5.74, 6) is -0.220.